The number of hydrogen-bond donors (Lipinski definition) is 0. The van der Waals surface area contributed by atoms with E-state index in [9.17, 15) is 0 Å². The fraction of sp³-hybridized carbons (Fsp3) is 0.429. The van der Waals surface area contributed by atoms with Crippen molar-refractivity contribution in [3.63, 3.8) is 0 Å². The van der Waals surface area contributed by atoms with Crippen LogP contribution in [0.25, 0.3) is 11.1 Å². The summed E-state index contributed by atoms with van der Waals surface area (Å²) in [4.78, 5) is 2.73. The third kappa shape index (κ3) is 3.22. The third-order valence-corrected chi connectivity index (χ3v) is 6.11. The molecule has 4 rings (SSSR count). The van der Waals surface area contributed by atoms with Gasteiger partial charge in [-0.2, -0.15) is 0 Å². The minimum Gasteiger partial charge on any atom is -0.297 e. The topological polar surface area (TPSA) is 3.24 Å². The standard InChI is InChI=1S/C21H23Cl2N/c1-14-3-2-8-24(14)21-7-6-15-9-16(4-5-17(15)12-21)18-10-19(22)13-20(23)11-18/h4-5,9-11,13-14,21H,2-3,6-8,12H2,1H3. The summed E-state index contributed by atoms with van der Waals surface area (Å²) in [5.74, 6) is 0. The van der Waals surface area contributed by atoms with Gasteiger partial charge in [0, 0.05) is 22.1 Å². The number of nitrogens with zero attached hydrogens (tertiary/aromatic N) is 1. The van der Waals surface area contributed by atoms with Gasteiger partial charge in [0.15, 0.2) is 0 Å². The Balaban J connectivity index is 1.59. The molecule has 24 heavy (non-hydrogen) atoms. The lowest BCUT2D eigenvalue weighted by Gasteiger charge is -2.35. The lowest BCUT2D eigenvalue weighted by Crippen LogP contribution is -2.41. The van der Waals surface area contributed by atoms with E-state index in [1.807, 2.05) is 12.1 Å². The summed E-state index contributed by atoms with van der Waals surface area (Å²) in [6.07, 6.45) is 6.36. The Morgan fingerprint density at radius 3 is 2.42 bits per heavy atom. The first-order valence-electron chi connectivity index (χ1n) is 8.94. The molecule has 2 aromatic rings. The van der Waals surface area contributed by atoms with E-state index in [2.05, 4.69) is 30.0 Å². The highest BCUT2D eigenvalue weighted by atomic mass is 35.5. The maximum absolute atomic E-state index is 6.16. The average Bonchev–Trinajstić information content (AvgIpc) is 2.99. The van der Waals surface area contributed by atoms with Crippen LogP contribution in [-0.2, 0) is 12.8 Å². The van der Waals surface area contributed by atoms with Crippen LogP contribution in [-0.4, -0.2) is 23.5 Å². The molecule has 0 aromatic heterocycles. The van der Waals surface area contributed by atoms with Gasteiger partial charge in [0.25, 0.3) is 0 Å². The summed E-state index contributed by atoms with van der Waals surface area (Å²) in [5.41, 5.74) is 5.32. The molecule has 1 aliphatic carbocycles. The van der Waals surface area contributed by atoms with Crippen molar-refractivity contribution in [2.45, 2.75) is 51.1 Å². The lowest BCUT2D eigenvalue weighted by molar-refractivity contribution is 0.174. The van der Waals surface area contributed by atoms with Crippen molar-refractivity contribution in [1.29, 1.82) is 0 Å². The molecular weight excluding hydrogens is 337 g/mol. The van der Waals surface area contributed by atoms with Crippen molar-refractivity contribution in [2.75, 3.05) is 6.54 Å². The minimum atomic E-state index is 0.693. The molecule has 0 radical (unpaired) electrons. The normalized spacial score (nSPS) is 24.1. The molecule has 0 amide bonds. The van der Waals surface area contributed by atoms with E-state index in [0.717, 1.165) is 17.6 Å². The molecule has 1 aliphatic heterocycles. The molecule has 0 spiro atoms. The minimum absolute atomic E-state index is 0.693. The van der Waals surface area contributed by atoms with Gasteiger partial charge in [0.2, 0.25) is 0 Å². The average molecular weight is 360 g/mol. The maximum atomic E-state index is 6.16. The van der Waals surface area contributed by atoms with Gasteiger partial charge in [0.1, 0.15) is 0 Å². The van der Waals surface area contributed by atoms with Crippen molar-refractivity contribution in [3.8, 4) is 11.1 Å². The Morgan fingerprint density at radius 2 is 1.71 bits per heavy atom. The number of fused-ring (bicyclic) bond motifs is 1. The van der Waals surface area contributed by atoms with Crippen molar-refractivity contribution in [2.24, 2.45) is 0 Å². The predicted molar refractivity (Wildman–Crippen MR) is 103 cm³/mol. The molecule has 2 unspecified atom stereocenters. The van der Waals surface area contributed by atoms with Crippen LogP contribution in [0.3, 0.4) is 0 Å². The van der Waals surface area contributed by atoms with E-state index in [-0.39, 0.29) is 0 Å². The van der Waals surface area contributed by atoms with Crippen LogP contribution in [0, 0.1) is 0 Å². The largest absolute Gasteiger partial charge is 0.297 e. The van der Waals surface area contributed by atoms with Gasteiger partial charge < -0.3 is 0 Å². The number of hydrogen-bond acceptors (Lipinski definition) is 1. The van der Waals surface area contributed by atoms with E-state index in [4.69, 9.17) is 23.2 Å². The van der Waals surface area contributed by atoms with Gasteiger partial charge in [-0.15, -0.1) is 0 Å². The molecular formula is C21H23Cl2N. The Kier molecular flexibility index (Phi) is 4.60. The Hall–Kier alpha value is -1.02. The second-order valence-corrected chi connectivity index (χ2v) is 8.14. The van der Waals surface area contributed by atoms with Crippen molar-refractivity contribution >= 4 is 23.2 Å². The van der Waals surface area contributed by atoms with E-state index in [0.29, 0.717) is 10.0 Å². The Labute approximate surface area is 154 Å². The summed E-state index contributed by atoms with van der Waals surface area (Å²) in [6.45, 7) is 3.66. The van der Waals surface area contributed by atoms with E-state index in [1.54, 1.807) is 6.07 Å². The highest BCUT2D eigenvalue weighted by molar-refractivity contribution is 6.35. The molecule has 0 bridgehead atoms. The van der Waals surface area contributed by atoms with Crippen LogP contribution < -0.4 is 0 Å². The van der Waals surface area contributed by atoms with Crippen LogP contribution in [0.4, 0.5) is 0 Å². The zero-order valence-electron chi connectivity index (χ0n) is 14.1. The molecule has 2 atom stereocenters. The van der Waals surface area contributed by atoms with Crippen LogP contribution >= 0.6 is 23.2 Å². The van der Waals surface area contributed by atoms with E-state index >= 15 is 0 Å². The molecule has 2 aromatic carbocycles. The zero-order chi connectivity index (χ0) is 16.7. The van der Waals surface area contributed by atoms with Gasteiger partial charge in [0.05, 0.1) is 0 Å². The van der Waals surface area contributed by atoms with Crippen molar-refractivity contribution in [3.05, 3.63) is 57.6 Å². The van der Waals surface area contributed by atoms with E-state index in [1.165, 1.54) is 55.3 Å². The van der Waals surface area contributed by atoms with Gasteiger partial charge in [-0.05, 0) is 86.0 Å². The van der Waals surface area contributed by atoms with Crippen LogP contribution in [0.5, 0.6) is 0 Å². The van der Waals surface area contributed by atoms with Gasteiger partial charge in [-0.25, -0.2) is 0 Å². The monoisotopic (exact) mass is 359 g/mol. The quantitative estimate of drug-likeness (QED) is 0.635. The van der Waals surface area contributed by atoms with Crippen LogP contribution in [0.1, 0.15) is 37.3 Å². The zero-order valence-corrected chi connectivity index (χ0v) is 15.6. The number of rotatable bonds is 2. The van der Waals surface area contributed by atoms with Crippen LogP contribution in [0.2, 0.25) is 10.0 Å². The fourth-order valence-corrected chi connectivity index (χ4v) is 4.94. The van der Waals surface area contributed by atoms with E-state index < -0.39 is 0 Å². The highest BCUT2D eigenvalue weighted by Crippen LogP contribution is 2.33. The highest BCUT2D eigenvalue weighted by Gasteiger charge is 2.30. The second kappa shape index (κ2) is 6.71. The Morgan fingerprint density at radius 1 is 0.917 bits per heavy atom. The lowest BCUT2D eigenvalue weighted by atomic mass is 9.85. The first-order valence-corrected chi connectivity index (χ1v) is 9.70. The molecule has 1 heterocycles. The Bertz CT molecular complexity index is 735. The second-order valence-electron chi connectivity index (χ2n) is 7.27. The smallest absolute Gasteiger partial charge is 0.0426 e. The first-order chi connectivity index (χ1) is 11.6. The maximum Gasteiger partial charge on any atom is 0.0426 e. The molecule has 1 saturated heterocycles. The molecule has 126 valence electrons. The summed E-state index contributed by atoms with van der Waals surface area (Å²) in [6, 6.07) is 14.1. The number of halogens is 2. The van der Waals surface area contributed by atoms with Gasteiger partial charge in [-0.3, -0.25) is 4.90 Å². The van der Waals surface area contributed by atoms with Gasteiger partial charge >= 0.3 is 0 Å². The molecule has 1 nitrogen and oxygen atoms in total. The van der Waals surface area contributed by atoms with Crippen molar-refractivity contribution < 1.29 is 0 Å². The molecule has 0 saturated carbocycles. The predicted octanol–water partition coefficient (Wildman–Crippen LogP) is 6.00. The van der Waals surface area contributed by atoms with Crippen molar-refractivity contribution in [1.82, 2.24) is 4.90 Å². The summed E-state index contributed by atoms with van der Waals surface area (Å²) >= 11 is 12.3. The first kappa shape index (κ1) is 16.4. The SMILES string of the molecule is CC1CCCN1C1CCc2cc(-c3cc(Cl)cc(Cl)c3)ccc2C1. The number of likely N-dealkylation sites (tertiary alicyclic amines) is 1. The number of benzene rings is 2. The molecule has 2 aliphatic rings. The third-order valence-electron chi connectivity index (χ3n) is 5.68. The van der Waals surface area contributed by atoms with Crippen LogP contribution in [0.15, 0.2) is 36.4 Å². The fourth-order valence-electron chi connectivity index (χ4n) is 4.42. The molecule has 1 fully saturated rings. The summed E-state index contributed by atoms with van der Waals surface area (Å²) in [5, 5.41) is 1.39. The molecule has 3 heteroatoms. The summed E-state index contributed by atoms with van der Waals surface area (Å²) in [7, 11) is 0. The molecule has 0 N–H and O–H groups in total. The summed E-state index contributed by atoms with van der Waals surface area (Å²) < 4.78 is 0. The number of aryl methyl sites for hydroxylation is 1. The van der Waals surface area contributed by atoms with Gasteiger partial charge in [-0.1, -0.05) is 41.4 Å².